The summed E-state index contributed by atoms with van der Waals surface area (Å²) >= 11 is 0. The van der Waals surface area contributed by atoms with Gasteiger partial charge in [-0.05, 0) is 19.1 Å². The molecule has 0 amide bonds. The molecule has 5 heteroatoms. The Morgan fingerprint density at radius 2 is 2.25 bits per heavy atom. The first-order chi connectivity index (χ1) is 9.74. The molecule has 5 nitrogen and oxygen atoms in total. The Kier molecular flexibility index (Phi) is 3.80. The number of H-pyrrole nitrogens is 1. The van der Waals surface area contributed by atoms with Crippen LogP contribution < -0.4 is 10.9 Å². The lowest BCUT2D eigenvalue weighted by Crippen LogP contribution is -2.50. The highest BCUT2D eigenvalue weighted by Crippen LogP contribution is 2.07. The molecule has 1 fully saturated rings. The van der Waals surface area contributed by atoms with Gasteiger partial charge in [-0.15, -0.1) is 0 Å². The number of benzene rings is 1. The van der Waals surface area contributed by atoms with Gasteiger partial charge in [0, 0.05) is 38.6 Å². The molecule has 3 rings (SSSR count). The van der Waals surface area contributed by atoms with Gasteiger partial charge in [-0.25, -0.2) is 4.98 Å². The molecule has 1 aliphatic heterocycles. The van der Waals surface area contributed by atoms with Crippen molar-refractivity contribution in [3.63, 3.8) is 0 Å². The zero-order chi connectivity index (χ0) is 13.9. The molecule has 0 unspecified atom stereocenters. The van der Waals surface area contributed by atoms with Gasteiger partial charge in [0.05, 0.1) is 10.9 Å². The molecule has 1 aromatic heterocycles. The molecule has 0 aliphatic carbocycles. The highest BCUT2D eigenvalue weighted by Gasteiger charge is 2.17. The van der Waals surface area contributed by atoms with Crippen LogP contribution in [0.15, 0.2) is 29.1 Å². The van der Waals surface area contributed by atoms with Crippen LogP contribution in [0.1, 0.15) is 12.7 Å². The number of para-hydroxylation sites is 1. The first-order valence-electron chi connectivity index (χ1n) is 7.17. The van der Waals surface area contributed by atoms with Crippen molar-refractivity contribution in [1.82, 2.24) is 20.2 Å². The van der Waals surface area contributed by atoms with E-state index in [1.54, 1.807) is 0 Å². The lowest BCUT2D eigenvalue weighted by molar-refractivity contribution is 0.175. The van der Waals surface area contributed by atoms with Gasteiger partial charge in [0.1, 0.15) is 5.82 Å². The smallest absolute Gasteiger partial charge is 0.258 e. The molecule has 0 spiro atoms. The summed E-state index contributed by atoms with van der Waals surface area (Å²) < 4.78 is 0. The summed E-state index contributed by atoms with van der Waals surface area (Å²) in [4.78, 5) is 21.9. The number of piperazine rings is 1. The van der Waals surface area contributed by atoms with Gasteiger partial charge in [-0.2, -0.15) is 0 Å². The van der Waals surface area contributed by atoms with Crippen molar-refractivity contribution in [3.8, 4) is 0 Å². The number of aromatic nitrogens is 2. The zero-order valence-electron chi connectivity index (χ0n) is 11.7. The molecular formula is C15H20N4O. The lowest BCUT2D eigenvalue weighted by Gasteiger charge is -2.33. The molecule has 0 saturated carbocycles. The Labute approximate surface area is 118 Å². The van der Waals surface area contributed by atoms with Gasteiger partial charge in [-0.1, -0.05) is 12.1 Å². The maximum atomic E-state index is 12.0. The lowest BCUT2D eigenvalue weighted by atomic mass is 10.2. The van der Waals surface area contributed by atoms with E-state index in [0.717, 1.165) is 43.9 Å². The van der Waals surface area contributed by atoms with Gasteiger partial charge < -0.3 is 10.3 Å². The molecule has 1 aromatic carbocycles. The number of rotatable bonds is 3. The summed E-state index contributed by atoms with van der Waals surface area (Å²) in [6, 6.07) is 8.01. The van der Waals surface area contributed by atoms with Crippen LogP contribution in [0.2, 0.25) is 0 Å². The molecular weight excluding hydrogens is 252 g/mol. The fourth-order valence-corrected chi connectivity index (χ4v) is 2.72. The van der Waals surface area contributed by atoms with Crippen LogP contribution in [-0.2, 0) is 6.42 Å². The molecule has 0 bridgehead atoms. The maximum absolute atomic E-state index is 12.0. The number of aromatic amines is 1. The minimum absolute atomic E-state index is 0.0426. The van der Waals surface area contributed by atoms with Gasteiger partial charge in [0.25, 0.3) is 5.56 Å². The normalized spacial score (nSPS) is 20.4. The van der Waals surface area contributed by atoms with Crippen molar-refractivity contribution in [1.29, 1.82) is 0 Å². The van der Waals surface area contributed by atoms with Crippen molar-refractivity contribution < 1.29 is 0 Å². The standard InChI is InChI=1S/C15H20N4O/c1-11-10-16-7-9-19(11)8-6-14-17-13-5-3-2-4-12(13)15(20)18-14/h2-5,11,16H,6-10H2,1H3,(H,17,18,20)/t11-/m0/s1. The molecule has 1 saturated heterocycles. The summed E-state index contributed by atoms with van der Waals surface area (Å²) in [7, 11) is 0. The number of nitrogens with zero attached hydrogens (tertiary/aromatic N) is 2. The molecule has 20 heavy (non-hydrogen) atoms. The van der Waals surface area contributed by atoms with Gasteiger partial charge in [0.2, 0.25) is 0 Å². The number of fused-ring (bicyclic) bond motifs is 1. The maximum Gasteiger partial charge on any atom is 0.258 e. The molecule has 106 valence electrons. The number of hydrogen-bond acceptors (Lipinski definition) is 4. The van der Waals surface area contributed by atoms with E-state index in [1.165, 1.54) is 0 Å². The van der Waals surface area contributed by atoms with E-state index in [-0.39, 0.29) is 5.56 Å². The van der Waals surface area contributed by atoms with E-state index in [0.29, 0.717) is 11.4 Å². The molecule has 2 heterocycles. The van der Waals surface area contributed by atoms with Crippen molar-refractivity contribution in [3.05, 3.63) is 40.4 Å². The SMILES string of the molecule is C[C@H]1CNCCN1CCc1nc2ccccc2c(=O)[nH]1. The Balaban J connectivity index is 1.76. The Bertz CT molecular complexity index is 652. The molecule has 2 N–H and O–H groups in total. The van der Waals surface area contributed by atoms with E-state index in [4.69, 9.17) is 0 Å². The van der Waals surface area contributed by atoms with Crippen LogP contribution in [0.4, 0.5) is 0 Å². The van der Waals surface area contributed by atoms with E-state index in [1.807, 2.05) is 24.3 Å². The fourth-order valence-electron chi connectivity index (χ4n) is 2.72. The van der Waals surface area contributed by atoms with E-state index in [9.17, 15) is 4.79 Å². The minimum atomic E-state index is -0.0426. The first kappa shape index (κ1) is 13.3. The predicted molar refractivity (Wildman–Crippen MR) is 80.0 cm³/mol. The second kappa shape index (κ2) is 5.73. The third kappa shape index (κ3) is 2.73. The highest BCUT2D eigenvalue weighted by molar-refractivity contribution is 5.77. The summed E-state index contributed by atoms with van der Waals surface area (Å²) in [5, 5.41) is 4.04. The largest absolute Gasteiger partial charge is 0.314 e. The fraction of sp³-hybridized carbons (Fsp3) is 0.467. The summed E-state index contributed by atoms with van der Waals surface area (Å²) in [6.45, 7) is 6.28. The summed E-state index contributed by atoms with van der Waals surface area (Å²) in [5.41, 5.74) is 0.735. The summed E-state index contributed by atoms with van der Waals surface area (Å²) in [6.07, 6.45) is 0.782. The summed E-state index contributed by atoms with van der Waals surface area (Å²) in [5.74, 6) is 0.777. The van der Waals surface area contributed by atoms with Crippen LogP contribution in [0, 0.1) is 0 Å². The van der Waals surface area contributed by atoms with Crippen LogP contribution in [0.5, 0.6) is 0 Å². The number of hydrogen-bond donors (Lipinski definition) is 2. The monoisotopic (exact) mass is 272 g/mol. The van der Waals surface area contributed by atoms with E-state index in [2.05, 4.69) is 27.1 Å². The Morgan fingerprint density at radius 3 is 3.10 bits per heavy atom. The van der Waals surface area contributed by atoms with Gasteiger partial charge >= 0.3 is 0 Å². The van der Waals surface area contributed by atoms with Gasteiger partial charge in [0.15, 0.2) is 0 Å². The van der Waals surface area contributed by atoms with Crippen LogP contribution >= 0.6 is 0 Å². The number of nitrogens with one attached hydrogen (secondary N) is 2. The van der Waals surface area contributed by atoms with Crippen molar-refractivity contribution >= 4 is 10.9 Å². The average Bonchev–Trinajstić information content (AvgIpc) is 2.46. The van der Waals surface area contributed by atoms with Crippen molar-refractivity contribution in [2.75, 3.05) is 26.2 Å². The second-order valence-electron chi connectivity index (χ2n) is 5.37. The topological polar surface area (TPSA) is 61.0 Å². The van der Waals surface area contributed by atoms with E-state index < -0.39 is 0 Å². The average molecular weight is 272 g/mol. The highest BCUT2D eigenvalue weighted by atomic mass is 16.1. The van der Waals surface area contributed by atoms with Crippen LogP contribution in [0.25, 0.3) is 10.9 Å². The van der Waals surface area contributed by atoms with Crippen molar-refractivity contribution in [2.24, 2.45) is 0 Å². The molecule has 1 atom stereocenters. The quantitative estimate of drug-likeness (QED) is 0.866. The molecule has 1 aliphatic rings. The molecule has 2 aromatic rings. The zero-order valence-corrected chi connectivity index (χ0v) is 11.7. The molecule has 0 radical (unpaired) electrons. The van der Waals surface area contributed by atoms with Crippen molar-refractivity contribution in [2.45, 2.75) is 19.4 Å². The van der Waals surface area contributed by atoms with Gasteiger partial charge in [-0.3, -0.25) is 9.69 Å². The third-order valence-corrected chi connectivity index (χ3v) is 3.94. The van der Waals surface area contributed by atoms with Crippen LogP contribution in [0.3, 0.4) is 0 Å². The second-order valence-corrected chi connectivity index (χ2v) is 5.37. The minimum Gasteiger partial charge on any atom is -0.314 e. The third-order valence-electron chi connectivity index (χ3n) is 3.94. The Hall–Kier alpha value is -1.72. The Morgan fingerprint density at radius 1 is 1.40 bits per heavy atom. The predicted octanol–water partition coefficient (Wildman–Crippen LogP) is 0.759. The van der Waals surface area contributed by atoms with E-state index >= 15 is 0 Å². The first-order valence-corrected chi connectivity index (χ1v) is 7.17. The van der Waals surface area contributed by atoms with Crippen LogP contribution in [-0.4, -0.2) is 47.1 Å².